The van der Waals surface area contributed by atoms with Crippen molar-refractivity contribution in [3.8, 4) is 0 Å². The molecule has 0 aromatic carbocycles. The lowest BCUT2D eigenvalue weighted by atomic mass is 10.3. The van der Waals surface area contributed by atoms with Crippen LogP contribution in [-0.2, 0) is 6.42 Å². The van der Waals surface area contributed by atoms with Gasteiger partial charge in [-0.05, 0) is 17.9 Å². The average Bonchev–Trinajstić information content (AvgIpc) is 3.09. The number of nitrogens with one attached hydrogen (secondary N) is 1. The topological polar surface area (TPSA) is 61.4 Å². The molecule has 7 heteroatoms. The van der Waals surface area contributed by atoms with Crippen LogP contribution < -0.4 is 10.2 Å². The van der Waals surface area contributed by atoms with Crippen LogP contribution in [-0.4, -0.2) is 53.6 Å². The fourth-order valence-corrected chi connectivity index (χ4v) is 3.16. The van der Waals surface area contributed by atoms with Gasteiger partial charge in [0, 0.05) is 50.0 Å². The van der Waals surface area contributed by atoms with Crippen LogP contribution in [0.5, 0.6) is 0 Å². The second kappa shape index (κ2) is 7.22. The predicted molar refractivity (Wildman–Crippen MR) is 87.2 cm³/mol. The van der Waals surface area contributed by atoms with Crippen LogP contribution in [0, 0.1) is 0 Å². The van der Waals surface area contributed by atoms with Gasteiger partial charge in [0.2, 0.25) is 0 Å². The first-order valence-corrected chi connectivity index (χ1v) is 8.27. The van der Waals surface area contributed by atoms with Gasteiger partial charge in [-0.1, -0.05) is 6.07 Å². The zero-order valence-electron chi connectivity index (χ0n) is 12.3. The Balaban J connectivity index is 1.42. The van der Waals surface area contributed by atoms with Gasteiger partial charge in [0.05, 0.1) is 6.20 Å². The second-order valence-corrected chi connectivity index (χ2v) is 6.13. The van der Waals surface area contributed by atoms with E-state index in [-0.39, 0.29) is 6.03 Å². The molecule has 1 aliphatic rings. The van der Waals surface area contributed by atoms with E-state index in [0.717, 1.165) is 25.3 Å². The Hall–Kier alpha value is -2.15. The number of hydrogen-bond donors (Lipinski definition) is 1. The van der Waals surface area contributed by atoms with Gasteiger partial charge in [-0.3, -0.25) is 4.98 Å². The summed E-state index contributed by atoms with van der Waals surface area (Å²) in [6, 6.07) is 4.15. The first kappa shape index (κ1) is 14.8. The number of thiophene rings is 1. The van der Waals surface area contributed by atoms with Gasteiger partial charge >= 0.3 is 6.03 Å². The molecule has 2 amide bonds. The number of amides is 2. The van der Waals surface area contributed by atoms with E-state index < -0.39 is 0 Å². The maximum Gasteiger partial charge on any atom is 0.317 e. The van der Waals surface area contributed by atoms with E-state index in [9.17, 15) is 4.79 Å². The van der Waals surface area contributed by atoms with Crippen LogP contribution >= 0.6 is 11.3 Å². The maximum absolute atomic E-state index is 12.1. The van der Waals surface area contributed by atoms with E-state index in [0.29, 0.717) is 19.6 Å². The number of rotatable bonds is 4. The monoisotopic (exact) mass is 317 g/mol. The van der Waals surface area contributed by atoms with Gasteiger partial charge in [0.25, 0.3) is 0 Å². The Labute approximate surface area is 133 Å². The molecule has 1 fully saturated rings. The third-order valence-corrected chi connectivity index (χ3v) is 4.60. The lowest BCUT2D eigenvalue weighted by Gasteiger charge is -2.35. The quantitative estimate of drug-likeness (QED) is 0.931. The number of carbonyl (C=O) groups excluding carboxylic acids is 1. The first-order chi connectivity index (χ1) is 10.8. The van der Waals surface area contributed by atoms with Crippen molar-refractivity contribution in [1.82, 2.24) is 20.2 Å². The van der Waals surface area contributed by atoms with Crippen molar-refractivity contribution in [2.75, 3.05) is 37.6 Å². The number of aromatic nitrogens is 2. The molecule has 1 aliphatic heterocycles. The lowest BCUT2D eigenvalue weighted by molar-refractivity contribution is 0.194. The summed E-state index contributed by atoms with van der Waals surface area (Å²) in [5.41, 5.74) is 0. The third-order valence-electron chi connectivity index (χ3n) is 3.67. The van der Waals surface area contributed by atoms with E-state index in [1.807, 2.05) is 11.0 Å². The number of hydrogen-bond acceptors (Lipinski definition) is 5. The van der Waals surface area contributed by atoms with Crippen molar-refractivity contribution in [2.45, 2.75) is 6.42 Å². The minimum Gasteiger partial charge on any atom is -0.352 e. The van der Waals surface area contributed by atoms with Gasteiger partial charge in [-0.25, -0.2) is 9.78 Å². The van der Waals surface area contributed by atoms with Crippen molar-refractivity contribution >= 4 is 23.2 Å². The van der Waals surface area contributed by atoms with Gasteiger partial charge in [0.1, 0.15) is 5.82 Å². The summed E-state index contributed by atoms with van der Waals surface area (Å²) in [5, 5.41) is 5.05. The van der Waals surface area contributed by atoms with Crippen LogP contribution in [0.25, 0.3) is 0 Å². The summed E-state index contributed by atoms with van der Waals surface area (Å²) in [6.07, 6.45) is 6.01. The van der Waals surface area contributed by atoms with E-state index in [4.69, 9.17) is 0 Å². The fraction of sp³-hybridized carbons (Fsp3) is 0.400. The minimum atomic E-state index is 0.0235. The Morgan fingerprint density at radius 2 is 2.14 bits per heavy atom. The Bertz CT molecular complexity index is 581. The van der Waals surface area contributed by atoms with Crippen molar-refractivity contribution < 1.29 is 4.79 Å². The smallest absolute Gasteiger partial charge is 0.317 e. The fourth-order valence-electron chi connectivity index (χ4n) is 2.45. The molecule has 3 rings (SSSR count). The molecule has 0 radical (unpaired) electrons. The number of nitrogens with zero attached hydrogens (tertiary/aromatic N) is 4. The molecular weight excluding hydrogens is 298 g/mol. The molecule has 0 aliphatic carbocycles. The summed E-state index contributed by atoms with van der Waals surface area (Å²) in [4.78, 5) is 25.8. The molecular formula is C15H19N5OS. The molecule has 6 nitrogen and oxygen atoms in total. The van der Waals surface area contributed by atoms with Gasteiger partial charge in [0.15, 0.2) is 0 Å². The Morgan fingerprint density at radius 3 is 2.82 bits per heavy atom. The summed E-state index contributed by atoms with van der Waals surface area (Å²) in [5.74, 6) is 0.875. The number of carbonyl (C=O) groups is 1. The van der Waals surface area contributed by atoms with Gasteiger partial charge in [-0.15, -0.1) is 11.3 Å². The molecule has 0 spiro atoms. The van der Waals surface area contributed by atoms with E-state index in [2.05, 4.69) is 31.6 Å². The highest BCUT2D eigenvalue weighted by Gasteiger charge is 2.21. The van der Waals surface area contributed by atoms with Crippen LogP contribution in [0.2, 0.25) is 0 Å². The van der Waals surface area contributed by atoms with E-state index >= 15 is 0 Å². The molecule has 0 atom stereocenters. The van der Waals surface area contributed by atoms with Crippen LogP contribution in [0.1, 0.15) is 4.88 Å². The predicted octanol–water partition coefficient (Wildman–Crippen LogP) is 1.61. The average molecular weight is 317 g/mol. The lowest BCUT2D eigenvalue weighted by Crippen LogP contribution is -2.52. The van der Waals surface area contributed by atoms with Crippen molar-refractivity contribution in [3.05, 3.63) is 41.0 Å². The molecule has 1 saturated heterocycles. The summed E-state index contributed by atoms with van der Waals surface area (Å²) in [6.45, 7) is 3.68. The highest BCUT2D eigenvalue weighted by molar-refractivity contribution is 7.09. The zero-order valence-corrected chi connectivity index (χ0v) is 13.1. The Kier molecular flexibility index (Phi) is 4.85. The summed E-state index contributed by atoms with van der Waals surface area (Å²) >= 11 is 1.72. The molecule has 3 heterocycles. The molecule has 0 saturated carbocycles. The standard InChI is InChI=1S/C15H19N5OS/c21-15(18-4-3-13-2-1-11-22-13)20-9-7-19(8-10-20)14-12-16-5-6-17-14/h1-2,5-6,11-12H,3-4,7-10H2,(H,18,21). The molecule has 2 aromatic heterocycles. The third kappa shape index (κ3) is 3.73. The second-order valence-electron chi connectivity index (χ2n) is 5.10. The number of piperazine rings is 1. The van der Waals surface area contributed by atoms with E-state index in [1.165, 1.54) is 4.88 Å². The van der Waals surface area contributed by atoms with Crippen LogP contribution in [0.4, 0.5) is 10.6 Å². The van der Waals surface area contributed by atoms with Crippen LogP contribution in [0.15, 0.2) is 36.1 Å². The summed E-state index contributed by atoms with van der Waals surface area (Å²) < 4.78 is 0. The molecule has 1 N–H and O–H groups in total. The maximum atomic E-state index is 12.1. The SMILES string of the molecule is O=C(NCCc1cccs1)N1CCN(c2cnccn2)CC1. The normalized spacial score (nSPS) is 14.9. The molecule has 0 bridgehead atoms. The highest BCUT2D eigenvalue weighted by Crippen LogP contribution is 2.11. The van der Waals surface area contributed by atoms with Crippen molar-refractivity contribution in [2.24, 2.45) is 0 Å². The summed E-state index contributed by atoms with van der Waals surface area (Å²) in [7, 11) is 0. The van der Waals surface area contributed by atoms with Crippen molar-refractivity contribution in [3.63, 3.8) is 0 Å². The number of urea groups is 1. The van der Waals surface area contributed by atoms with E-state index in [1.54, 1.807) is 29.9 Å². The largest absolute Gasteiger partial charge is 0.352 e. The Morgan fingerprint density at radius 1 is 1.27 bits per heavy atom. The van der Waals surface area contributed by atoms with Gasteiger partial charge in [-0.2, -0.15) is 0 Å². The first-order valence-electron chi connectivity index (χ1n) is 7.39. The van der Waals surface area contributed by atoms with Gasteiger partial charge < -0.3 is 15.1 Å². The zero-order chi connectivity index (χ0) is 15.2. The minimum absolute atomic E-state index is 0.0235. The highest BCUT2D eigenvalue weighted by atomic mass is 32.1. The number of anilines is 1. The molecule has 22 heavy (non-hydrogen) atoms. The van der Waals surface area contributed by atoms with Crippen LogP contribution in [0.3, 0.4) is 0 Å². The molecule has 116 valence electrons. The molecule has 0 unspecified atom stereocenters. The van der Waals surface area contributed by atoms with Crippen molar-refractivity contribution in [1.29, 1.82) is 0 Å². The molecule has 2 aromatic rings.